The molecule has 6 nitrogen and oxygen atoms in total. The number of amides is 1. The summed E-state index contributed by atoms with van der Waals surface area (Å²) in [4.78, 5) is 16.1. The molecule has 1 aromatic carbocycles. The maximum atomic E-state index is 11.9. The van der Waals surface area contributed by atoms with Gasteiger partial charge in [0, 0.05) is 32.2 Å². The zero-order valence-electron chi connectivity index (χ0n) is 14.5. The number of nitrogens with zero attached hydrogens (tertiary/aromatic N) is 1. The second-order valence-electron chi connectivity index (χ2n) is 5.38. The van der Waals surface area contributed by atoms with Gasteiger partial charge in [0.25, 0.3) is 5.91 Å². The van der Waals surface area contributed by atoms with Crippen LogP contribution in [0.5, 0.6) is 0 Å². The summed E-state index contributed by atoms with van der Waals surface area (Å²) in [5, 5.41) is 9.32. The Kier molecular flexibility index (Phi) is 9.68. The summed E-state index contributed by atoms with van der Waals surface area (Å²) >= 11 is 0. The van der Waals surface area contributed by atoms with Crippen LogP contribution in [0.2, 0.25) is 0 Å². The molecule has 0 fully saturated rings. The number of aliphatic imine (C=N–C) groups is 1. The molecule has 0 aliphatic carbocycles. The molecule has 0 atom stereocenters. The van der Waals surface area contributed by atoms with Crippen LogP contribution in [-0.2, 0) is 6.54 Å². The molecule has 0 aliphatic rings. The van der Waals surface area contributed by atoms with Gasteiger partial charge in [-0.25, -0.2) is 0 Å². The molecule has 1 heterocycles. The number of aryl methyl sites for hydroxylation is 1. The van der Waals surface area contributed by atoms with E-state index in [9.17, 15) is 4.79 Å². The maximum absolute atomic E-state index is 11.9. The normalized spacial score (nSPS) is 10.7. The first-order chi connectivity index (χ1) is 11.7. The van der Waals surface area contributed by atoms with Crippen molar-refractivity contribution < 1.29 is 9.21 Å². The molecule has 0 unspecified atom stereocenters. The summed E-state index contributed by atoms with van der Waals surface area (Å²) in [5.74, 6) is 0.944. The van der Waals surface area contributed by atoms with Crippen molar-refractivity contribution in [1.29, 1.82) is 0 Å². The van der Waals surface area contributed by atoms with Crippen LogP contribution in [0.15, 0.2) is 52.1 Å². The number of nitrogens with one attached hydrogen (secondary N) is 3. The lowest BCUT2D eigenvalue weighted by Gasteiger charge is -2.12. The van der Waals surface area contributed by atoms with E-state index >= 15 is 0 Å². The van der Waals surface area contributed by atoms with Gasteiger partial charge < -0.3 is 20.4 Å². The van der Waals surface area contributed by atoms with Gasteiger partial charge >= 0.3 is 0 Å². The van der Waals surface area contributed by atoms with Crippen LogP contribution in [0.3, 0.4) is 0 Å². The Balaban J connectivity index is 0.00000312. The van der Waals surface area contributed by atoms with Gasteiger partial charge in [0.1, 0.15) is 0 Å². The van der Waals surface area contributed by atoms with Crippen LogP contribution in [-0.4, -0.2) is 32.0 Å². The van der Waals surface area contributed by atoms with Crippen LogP contribution in [0, 0.1) is 6.92 Å². The summed E-state index contributed by atoms with van der Waals surface area (Å²) in [6.45, 7) is 3.85. The van der Waals surface area contributed by atoms with Gasteiger partial charge in [-0.05, 0) is 25.0 Å². The summed E-state index contributed by atoms with van der Waals surface area (Å²) in [5.41, 5.74) is 2.04. The van der Waals surface area contributed by atoms with Gasteiger partial charge in [0.05, 0.1) is 6.26 Å². The Bertz CT molecular complexity index is 671. The summed E-state index contributed by atoms with van der Waals surface area (Å²) < 4.78 is 5.16. The largest absolute Gasteiger partial charge is 0.459 e. The molecule has 25 heavy (non-hydrogen) atoms. The fraction of sp³-hybridized carbons (Fsp3) is 0.333. The van der Waals surface area contributed by atoms with E-state index in [-0.39, 0.29) is 29.9 Å². The molecule has 2 aromatic rings. The van der Waals surface area contributed by atoms with Gasteiger partial charge in [-0.1, -0.05) is 30.3 Å². The van der Waals surface area contributed by atoms with E-state index in [1.165, 1.54) is 11.8 Å². The first-order valence-corrected chi connectivity index (χ1v) is 8.01. The van der Waals surface area contributed by atoms with Crippen molar-refractivity contribution in [3.05, 3.63) is 59.5 Å². The number of guanidine groups is 1. The summed E-state index contributed by atoms with van der Waals surface area (Å²) in [7, 11) is 1.74. The smallest absolute Gasteiger partial charge is 0.287 e. The molecule has 0 radical (unpaired) electrons. The molecule has 0 saturated carbocycles. The molecule has 0 saturated heterocycles. The van der Waals surface area contributed by atoms with Gasteiger partial charge in [-0.3, -0.25) is 9.79 Å². The van der Waals surface area contributed by atoms with Gasteiger partial charge in [0.15, 0.2) is 11.7 Å². The summed E-state index contributed by atoms with van der Waals surface area (Å²) in [6.07, 6.45) is 2.31. The second kappa shape index (κ2) is 11.5. The number of benzene rings is 1. The van der Waals surface area contributed by atoms with Crippen molar-refractivity contribution in [2.24, 2.45) is 4.99 Å². The van der Waals surface area contributed by atoms with Crippen LogP contribution >= 0.6 is 24.0 Å². The number of carbonyl (C=O) groups is 1. The molecular formula is C18H25IN4O2. The highest BCUT2D eigenvalue weighted by molar-refractivity contribution is 14.0. The van der Waals surface area contributed by atoms with Crippen molar-refractivity contribution in [2.75, 3.05) is 20.1 Å². The molecule has 1 aromatic heterocycles. The van der Waals surface area contributed by atoms with E-state index in [0.29, 0.717) is 18.8 Å². The first-order valence-electron chi connectivity index (χ1n) is 8.01. The number of halogens is 1. The van der Waals surface area contributed by atoms with E-state index in [1.807, 2.05) is 25.1 Å². The third-order valence-corrected chi connectivity index (χ3v) is 3.53. The average Bonchev–Trinajstić information content (AvgIpc) is 3.04. The lowest BCUT2D eigenvalue weighted by Crippen LogP contribution is -2.38. The van der Waals surface area contributed by atoms with Crippen LogP contribution in [0.4, 0.5) is 0 Å². The second-order valence-corrected chi connectivity index (χ2v) is 5.38. The summed E-state index contributed by atoms with van der Waals surface area (Å²) in [6, 6.07) is 11.9. The van der Waals surface area contributed by atoms with Crippen molar-refractivity contribution >= 4 is 35.8 Å². The Morgan fingerprint density at radius 1 is 1.08 bits per heavy atom. The third kappa shape index (κ3) is 7.16. The zero-order chi connectivity index (χ0) is 17.2. The number of rotatable bonds is 7. The lowest BCUT2D eigenvalue weighted by molar-refractivity contribution is 0.0925. The lowest BCUT2D eigenvalue weighted by atomic mass is 10.2. The van der Waals surface area contributed by atoms with Gasteiger partial charge in [-0.15, -0.1) is 24.0 Å². The Hall–Kier alpha value is -2.03. The minimum absolute atomic E-state index is 0. The van der Waals surface area contributed by atoms with Crippen LogP contribution in [0.1, 0.15) is 28.1 Å². The molecule has 7 heteroatoms. The first kappa shape index (κ1) is 21.0. The predicted molar refractivity (Wildman–Crippen MR) is 110 cm³/mol. The Morgan fingerprint density at radius 3 is 2.44 bits per heavy atom. The van der Waals surface area contributed by atoms with Crippen molar-refractivity contribution in [2.45, 2.75) is 19.9 Å². The fourth-order valence-corrected chi connectivity index (χ4v) is 2.18. The molecule has 1 amide bonds. The molecular weight excluding hydrogens is 431 g/mol. The van der Waals surface area contributed by atoms with E-state index in [0.717, 1.165) is 24.5 Å². The standard InChI is InChI=1S/C18H24N4O2.HI/c1-14-9-12-24-16(14)17(23)20-10-6-11-21-18(19-2)22-13-15-7-4-3-5-8-15;/h3-5,7-9,12H,6,10-11,13H2,1-2H3,(H,20,23)(H2,19,21,22);1H. The van der Waals surface area contributed by atoms with Crippen molar-refractivity contribution in [3.8, 4) is 0 Å². The number of furan rings is 1. The minimum atomic E-state index is -0.177. The van der Waals surface area contributed by atoms with Crippen LogP contribution < -0.4 is 16.0 Å². The third-order valence-electron chi connectivity index (χ3n) is 3.53. The highest BCUT2D eigenvalue weighted by Gasteiger charge is 2.11. The van der Waals surface area contributed by atoms with Gasteiger partial charge in [0.2, 0.25) is 0 Å². The average molecular weight is 456 g/mol. The maximum Gasteiger partial charge on any atom is 0.287 e. The van der Waals surface area contributed by atoms with E-state index in [1.54, 1.807) is 13.1 Å². The topological polar surface area (TPSA) is 78.7 Å². The Labute approximate surface area is 165 Å². The van der Waals surface area contributed by atoms with Crippen molar-refractivity contribution in [1.82, 2.24) is 16.0 Å². The minimum Gasteiger partial charge on any atom is -0.459 e. The van der Waals surface area contributed by atoms with Crippen LogP contribution in [0.25, 0.3) is 0 Å². The molecule has 2 rings (SSSR count). The SMILES string of the molecule is CN=C(NCCCNC(=O)c1occc1C)NCc1ccccc1.I. The number of carbonyl (C=O) groups excluding carboxylic acids is 1. The number of hydrogen-bond donors (Lipinski definition) is 3. The van der Waals surface area contributed by atoms with E-state index < -0.39 is 0 Å². The molecule has 0 spiro atoms. The van der Waals surface area contributed by atoms with E-state index in [4.69, 9.17) is 4.42 Å². The molecule has 136 valence electrons. The molecule has 0 aliphatic heterocycles. The zero-order valence-corrected chi connectivity index (χ0v) is 16.9. The van der Waals surface area contributed by atoms with E-state index in [2.05, 4.69) is 33.1 Å². The molecule has 3 N–H and O–H groups in total. The highest BCUT2D eigenvalue weighted by atomic mass is 127. The Morgan fingerprint density at radius 2 is 1.80 bits per heavy atom. The monoisotopic (exact) mass is 456 g/mol. The quantitative estimate of drug-likeness (QED) is 0.259. The highest BCUT2D eigenvalue weighted by Crippen LogP contribution is 2.07. The molecule has 0 bridgehead atoms. The van der Waals surface area contributed by atoms with Crippen molar-refractivity contribution in [3.63, 3.8) is 0 Å². The predicted octanol–water partition coefficient (Wildman–Crippen LogP) is 2.69. The number of hydrogen-bond acceptors (Lipinski definition) is 3. The fourth-order valence-electron chi connectivity index (χ4n) is 2.18. The van der Waals surface area contributed by atoms with Gasteiger partial charge in [-0.2, -0.15) is 0 Å².